The van der Waals surface area contributed by atoms with Gasteiger partial charge >= 0.3 is 0 Å². The van der Waals surface area contributed by atoms with Gasteiger partial charge in [-0.1, -0.05) is 26.8 Å². The second kappa shape index (κ2) is 6.19. The minimum atomic E-state index is 0.814. The minimum Gasteiger partial charge on any atom is -0.370 e. The zero-order valence-electron chi connectivity index (χ0n) is 11.8. The molecule has 3 nitrogen and oxygen atoms in total. The normalized spacial score (nSPS) is 24.4. The van der Waals surface area contributed by atoms with Gasteiger partial charge in [0.05, 0.1) is 0 Å². The zero-order valence-corrected chi connectivity index (χ0v) is 11.8. The molecule has 100 valence electrons. The first-order valence-corrected chi connectivity index (χ1v) is 7.10. The van der Waals surface area contributed by atoms with Gasteiger partial charge < -0.3 is 5.32 Å². The molecule has 2 heterocycles. The fraction of sp³-hybridized carbons (Fsp3) is 0.667. The highest BCUT2D eigenvalue weighted by atomic mass is 15.2. The van der Waals surface area contributed by atoms with Gasteiger partial charge in [0.15, 0.2) is 0 Å². The molecule has 3 heteroatoms. The van der Waals surface area contributed by atoms with Crippen molar-refractivity contribution in [1.29, 1.82) is 0 Å². The molecule has 0 amide bonds. The van der Waals surface area contributed by atoms with Crippen LogP contribution in [0.1, 0.15) is 32.8 Å². The Hall–Kier alpha value is -1.09. The van der Waals surface area contributed by atoms with Crippen molar-refractivity contribution in [2.75, 3.05) is 25.0 Å². The van der Waals surface area contributed by atoms with Crippen LogP contribution in [0.5, 0.6) is 0 Å². The second-order valence-electron chi connectivity index (χ2n) is 5.59. The lowest BCUT2D eigenvalue weighted by Gasteiger charge is -2.18. The minimum absolute atomic E-state index is 0.814. The van der Waals surface area contributed by atoms with E-state index in [2.05, 4.69) is 42.0 Å². The standard InChI is InChI=1S/C15H25N3/c1-4-7-16-15-14(6-5-8-17-15)11-18-9-12(2)13(3)10-18/h5-6,8,12-13H,4,7,9-11H2,1-3H3,(H,16,17). The molecule has 0 saturated carbocycles. The van der Waals surface area contributed by atoms with E-state index in [4.69, 9.17) is 0 Å². The number of nitrogens with one attached hydrogen (secondary N) is 1. The summed E-state index contributed by atoms with van der Waals surface area (Å²) in [6.45, 7) is 11.3. The molecule has 1 aliphatic heterocycles. The van der Waals surface area contributed by atoms with Crippen LogP contribution in [0, 0.1) is 11.8 Å². The van der Waals surface area contributed by atoms with Gasteiger partial charge in [-0.3, -0.25) is 4.90 Å². The van der Waals surface area contributed by atoms with Crippen molar-refractivity contribution in [3.05, 3.63) is 23.9 Å². The maximum absolute atomic E-state index is 4.46. The summed E-state index contributed by atoms with van der Waals surface area (Å²) in [4.78, 5) is 7.00. The smallest absolute Gasteiger partial charge is 0.130 e. The number of hydrogen-bond donors (Lipinski definition) is 1. The molecule has 0 aliphatic carbocycles. The number of anilines is 1. The third kappa shape index (κ3) is 3.22. The molecule has 0 bridgehead atoms. The summed E-state index contributed by atoms with van der Waals surface area (Å²) in [5.74, 6) is 2.69. The third-order valence-corrected chi connectivity index (χ3v) is 3.89. The lowest BCUT2D eigenvalue weighted by Crippen LogP contribution is -2.21. The number of nitrogens with zero attached hydrogens (tertiary/aromatic N) is 2. The predicted molar refractivity (Wildman–Crippen MR) is 76.6 cm³/mol. The fourth-order valence-corrected chi connectivity index (χ4v) is 2.59. The van der Waals surface area contributed by atoms with E-state index in [1.165, 1.54) is 18.7 Å². The largest absolute Gasteiger partial charge is 0.370 e. The van der Waals surface area contributed by atoms with Crippen LogP contribution in [0.4, 0.5) is 5.82 Å². The van der Waals surface area contributed by atoms with E-state index in [1.54, 1.807) is 0 Å². The van der Waals surface area contributed by atoms with Gasteiger partial charge in [0.2, 0.25) is 0 Å². The van der Waals surface area contributed by atoms with Crippen molar-refractivity contribution in [1.82, 2.24) is 9.88 Å². The third-order valence-electron chi connectivity index (χ3n) is 3.89. The Morgan fingerprint density at radius 1 is 1.33 bits per heavy atom. The van der Waals surface area contributed by atoms with Crippen molar-refractivity contribution >= 4 is 5.82 Å². The number of rotatable bonds is 5. The Morgan fingerprint density at radius 2 is 2.06 bits per heavy atom. The molecule has 2 atom stereocenters. The average Bonchev–Trinajstić information content (AvgIpc) is 2.67. The SMILES string of the molecule is CCCNc1ncccc1CN1CC(C)C(C)C1. The molecule has 1 saturated heterocycles. The van der Waals surface area contributed by atoms with E-state index < -0.39 is 0 Å². The van der Waals surface area contributed by atoms with E-state index in [9.17, 15) is 0 Å². The van der Waals surface area contributed by atoms with Crippen molar-refractivity contribution in [3.8, 4) is 0 Å². The van der Waals surface area contributed by atoms with E-state index in [1.807, 2.05) is 12.3 Å². The second-order valence-corrected chi connectivity index (χ2v) is 5.59. The van der Waals surface area contributed by atoms with Crippen molar-refractivity contribution in [2.24, 2.45) is 11.8 Å². The quantitative estimate of drug-likeness (QED) is 0.867. The average molecular weight is 247 g/mol. The van der Waals surface area contributed by atoms with Crippen LogP contribution in [-0.2, 0) is 6.54 Å². The lowest BCUT2D eigenvalue weighted by molar-refractivity contribution is 0.316. The number of aromatic nitrogens is 1. The molecule has 2 rings (SSSR count). The maximum Gasteiger partial charge on any atom is 0.130 e. The lowest BCUT2D eigenvalue weighted by atomic mass is 10.0. The Balaban J connectivity index is 2.00. The Labute approximate surface area is 111 Å². The molecule has 0 radical (unpaired) electrons. The van der Waals surface area contributed by atoms with Gasteiger partial charge in [-0.25, -0.2) is 4.98 Å². The van der Waals surface area contributed by atoms with Crippen LogP contribution in [0.25, 0.3) is 0 Å². The predicted octanol–water partition coefficient (Wildman–Crippen LogP) is 2.99. The highest BCUT2D eigenvalue weighted by Gasteiger charge is 2.26. The topological polar surface area (TPSA) is 28.2 Å². The molecule has 0 spiro atoms. The van der Waals surface area contributed by atoms with Gasteiger partial charge in [-0.2, -0.15) is 0 Å². The summed E-state index contributed by atoms with van der Waals surface area (Å²) in [5, 5.41) is 3.42. The molecular formula is C15H25N3. The first kappa shape index (κ1) is 13.3. The molecular weight excluding hydrogens is 222 g/mol. The van der Waals surface area contributed by atoms with Crippen molar-refractivity contribution in [3.63, 3.8) is 0 Å². The van der Waals surface area contributed by atoms with Crippen LogP contribution in [0.3, 0.4) is 0 Å². The molecule has 1 aromatic heterocycles. The number of pyridine rings is 1. The molecule has 0 aromatic carbocycles. The van der Waals surface area contributed by atoms with Crippen LogP contribution < -0.4 is 5.32 Å². The molecule has 1 N–H and O–H groups in total. The van der Waals surface area contributed by atoms with Crippen LogP contribution >= 0.6 is 0 Å². The van der Waals surface area contributed by atoms with Gasteiger partial charge in [0.1, 0.15) is 5.82 Å². The summed E-state index contributed by atoms with van der Waals surface area (Å²) in [7, 11) is 0. The Kier molecular flexibility index (Phi) is 4.59. The van der Waals surface area contributed by atoms with Crippen LogP contribution in [0.2, 0.25) is 0 Å². The first-order valence-electron chi connectivity index (χ1n) is 7.10. The monoisotopic (exact) mass is 247 g/mol. The van der Waals surface area contributed by atoms with Crippen LogP contribution in [0.15, 0.2) is 18.3 Å². The highest BCUT2D eigenvalue weighted by Crippen LogP contribution is 2.25. The van der Waals surface area contributed by atoms with E-state index in [-0.39, 0.29) is 0 Å². The zero-order chi connectivity index (χ0) is 13.0. The molecule has 1 aliphatic rings. The Morgan fingerprint density at radius 3 is 2.72 bits per heavy atom. The Bertz CT molecular complexity index is 368. The molecule has 18 heavy (non-hydrogen) atoms. The van der Waals surface area contributed by atoms with E-state index >= 15 is 0 Å². The van der Waals surface area contributed by atoms with E-state index in [0.29, 0.717) is 0 Å². The number of hydrogen-bond acceptors (Lipinski definition) is 3. The molecule has 1 aromatic rings. The molecule has 1 fully saturated rings. The van der Waals surface area contributed by atoms with E-state index in [0.717, 1.165) is 37.2 Å². The molecule has 2 unspecified atom stereocenters. The van der Waals surface area contributed by atoms with Crippen molar-refractivity contribution < 1.29 is 0 Å². The maximum atomic E-state index is 4.46. The summed E-state index contributed by atoms with van der Waals surface area (Å²) in [6.07, 6.45) is 3.00. The van der Waals surface area contributed by atoms with Gasteiger partial charge in [-0.15, -0.1) is 0 Å². The fourth-order valence-electron chi connectivity index (χ4n) is 2.59. The first-order chi connectivity index (χ1) is 8.70. The highest BCUT2D eigenvalue weighted by molar-refractivity contribution is 5.43. The van der Waals surface area contributed by atoms with Crippen LogP contribution in [-0.4, -0.2) is 29.5 Å². The summed E-state index contributed by atoms with van der Waals surface area (Å²) >= 11 is 0. The summed E-state index contributed by atoms with van der Waals surface area (Å²) < 4.78 is 0. The van der Waals surface area contributed by atoms with Gasteiger partial charge in [-0.05, 0) is 24.3 Å². The summed E-state index contributed by atoms with van der Waals surface area (Å²) in [6, 6.07) is 4.23. The van der Waals surface area contributed by atoms with Gasteiger partial charge in [0.25, 0.3) is 0 Å². The van der Waals surface area contributed by atoms with Crippen molar-refractivity contribution in [2.45, 2.75) is 33.7 Å². The summed E-state index contributed by atoms with van der Waals surface area (Å²) in [5.41, 5.74) is 1.33. The number of likely N-dealkylation sites (tertiary alicyclic amines) is 1. The van der Waals surface area contributed by atoms with Gasteiger partial charge in [0, 0.05) is 37.9 Å².